The van der Waals surface area contributed by atoms with Gasteiger partial charge in [-0.25, -0.2) is 0 Å². The largest absolute Gasteiger partial charge is 0.313 e. The van der Waals surface area contributed by atoms with E-state index in [0.29, 0.717) is 22.3 Å². The second-order valence-corrected chi connectivity index (χ2v) is 12.9. The molecule has 4 amide bonds. The molecule has 246 valence electrons. The number of nitrogens with one attached hydrogen (secondary N) is 2. The Bertz CT molecular complexity index is 1800. The van der Waals surface area contributed by atoms with Crippen molar-refractivity contribution in [1.82, 2.24) is 10.6 Å². The summed E-state index contributed by atoms with van der Waals surface area (Å²) in [7, 11) is 0. The Morgan fingerprint density at radius 1 is 0.553 bits per heavy atom. The van der Waals surface area contributed by atoms with Gasteiger partial charge in [-0.1, -0.05) is 125 Å². The van der Waals surface area contributed by atoms with Gasteiger partial charge < -0.3 is 11.5 Å². The van der Waals surface area contributed by atoms with E-state index in [4.69, 9.17) is 11.5 Å². The molecule has 0 spiro atoms. The third kappa shape index (κ3) is 8.13. The highest BCUT2D eigenvalue weighted by Gasteiger charge is 2.31. The van der Waals surface area contributed by atoms with E-state index in [0.717, 1.165) is 72.1 Å². The van der Waals surface area contributed by atoms with Gasteiger partial charge in [-0.05, 0) is 58.9 Å². The number of fused-ring (bicyclic) bond motifs is 6. The van der Waals surface area contributed by atoms with E-state index in [-0.39, 0.29) is 23.6 Å². The Morgan fingerprint density at radius 3 is 1.77 bits per heavy atom. The van der Waals surface area contributed by atoms with Gasteiger partial charge in [-0.3, -0.25) is 29.8 Å². The van der Waals surface area contributed by atoms with E-state index in [2.05, 4.69) is 23.6 Å². The molecule has 0 bridgehead atoms. The normalized spacial score (nSPS) is 13.8. The lowest BCUT2D eigenvalue weighted by Crippen LogP contribution is -2.48. The minimum Gasteiger partial charge on any atom is -0.313 e. The van der Waals surface area contributed by atoms with Crippen molar-refractivity contribution in [1.29, 1.82) is 0 Å². The summed E-state index contributed by atoms with van der Waals surface area (Å²) in [5.41, 5.74) is 14.8. The summed E-state index contributed by atoms with van der Waals surface area (Å²) in [6.45, 7) is 2.13. The first-order chi connectivity index (χ1) is 22.7. The predicted molar refractivity (Wildman–Crippen MR) is 187 cm³/mol. The molecule has 2 aliphatic rings. The summed E-state index contributed by atoms with van der Waals surface area (Å²) in [6, 6.07) is 21.0. The van der Waals surface area contributed by atoms with E-state index in [1.54, 1.807) is 6.07 Å². The number of hydrogen-bond acceptors (Lipinski definition) is 6. The number of rotatable bonds is 14. The molecule has 0 aromatic heterocycles. The second kappa shape index (κ2) is 15.5. The first kappa shape index (κ1) is 33.9. The van der Waals surface area contributed by atoms with Crippen molar-refractivity contribution in [3.05, 3.63) is 94.5 Å². The first-order valence-corrected chi connectivity index (χ1v) is 17.1. The van der Waals surface area contributed by atoms with E-state index in [1.165, 1.54) is 38.5 Å². The average molecular weight is 635 g/mol. The number of hydrogen-bond donors (Lipinski definition) is 4. The van der Waals surface area contributed by atoms with E-state index in [1.807, 2.05) is 54.6 Å². The Labute approximate surface area is 276 Å². The van der Waals surface area contributed by atoms with Crippen LogP contribution in [0.4, 0.5) is 0 Å². The molecule has 0 fully saturated rings. The molecule has 4 aromatic rings. The van der Waals surface area contributed by atoms with Crippen molar-refractivity contribution in [2.75, 3.05) is 0 Å². The topological polar surface area (TPSA) is 144 Å². The number of nitrogens with two attached hydrogens (primary N) is 2. The summed E-state index contributed by atoms with van der Waals surface area (Å²) in [5, 5.41) is 8.47. The lowest BCUT2D eigenvalue weighted by Gasteiger charge is -2.23. The van der Waals surface area contributed by atoms with Gasteiger partial charge in [0.1, 0.15) is 0 Å². The van der Waals surface area contributed by atoms with Gasteiger partial charge in [0, 0.05) is 0 Å². The van der Waals surface area contributed by atoms with Crippen LogP contribution in [0, 0.1) is 0 Å². The highest BCUT2D eigenvalue weighted by molar-refractivity contribution is 6.27. The smallest absolute Gasteiger partial charge is 0.259 e. The maximum absolute atomic E-state index is 12.4. The molecule has 4 aromatic carbocycles. The van der Waals surface area contributed by atoms with Crippen LogP contribution in [0.3, 0.4) is 0 Å². The van der Waals surface area contributed by atoms with Crippen LogP contribution in [-0.2, 0) is 6.42 Å². The molecule has 0 saturated heterocycles. The maximum atomic E-state index is 12.4. The fourth-order valence-electron chi connectivity index (χ4n) is 6.86. The van der Waals surface area contributed by atoms with Crippen LogP contribution in [0.15, 0.2) is 66.7 Å². The molecular weight excluding hydrogens is 588 g/mol. The zero-order chi connectivity index (χ0) is 33.4. The quantitative estimate of drug-likeness (QED) is 0.0651. The zero-order valence-corrected chi connectivity index (χ0v) is 27.3. The third-order valence-corrected chi connectivity index (χ3v) is 9.24. The summed E-state index contributed by atoms with van der Waals surface area (Å²) in [5.74, 6) is -1.12. The number of amides is 4. The van der Waals surface area contributed by atoms with Crippen molar-refractivity contribution < 1.29 is 19.2 Å². The van der Waals surface area contributed by atoms with Gasteiger partial charge in [0.15, 0.2) is 0 Å². The van der Waals surface area contributed by atoms with Gasteiger partial charge in [-0.2, -0.15) is 0 Å². The molecule has 8 heteroatoms. The van der Waals surface area contributed by atoms with Crippen molar-refractivity contribution in [3.8, 4) is 0 Å². The third-order valence-electron chi connectivity index (χ3n) is 9.24. The van der Waals surface area contributed by atoms with E-state index in [9.17, 15) is 19.2 Å². The fraction of sp³-hybridized carbons (Fsp3) is 0.385. The van der Waals surface area contributed by atoms with Gasteiger partial charge in [0.05, 0.1) is 27.9 Å². The lowest BCUT2D eigenvalue weighted by atomic mass is 9.92. The summed E-state index contributed by atoms with van der Waals surface area (Å²) >= 11 is 0. The minimum atomic E-state index is -0.478. The molecule has 2 heterocycles. The molecule has 0 aliphatic carbocycles. The number of benzene rings is 4. The number of unbranched alkanes of at least 4 members (excludes halogenated alkanes) is 8. The van der Waals surface area contributed by atoms with Crippen molar-refractivity contribution in [3.63, 3.8) is 0 Å². The van der Waals surface area contributed by atoms with E-state index >= 15 is 0 Å². The van der Waals surface area contributed by atoms with Crippen LogP contribution in [0.2, 0.25) is 0 Å². The standard InChI is InChI=1S/C27H39N3O2.C12H7NO2/c1-2-17-27(28,29)18-13-9-7-5-3-4-6-8-10-15-21-19-20-14-11-12-16-22(20)24-23(21)25(31)30-26(24)32;14-11-9-6-5-7-3-1-2-4-8(7)10(9)12(15)13-11/h11-12,14,16,19H,2-10,13,15,17-18,28-29H2,1H3,(H,30,31,32);1-6H,(H,13,14,15). The Hall–Kier alpha value is -4.40. The second-order valence-electron chi connectivity index (χ2n) is 12.9. The molecular formula is C39H46N4O4. The molecule has 6 N–H and O–H groups in total. The fourth-order valence-corrected chi connectivity index (χ4v) is 6.86. The number of aryl methyl sites for hydroxylation is 1. The number of carbonyl (C=O) groups is 4. The molecule has 6 rings (SSSR count). The van der Waals surface area contributed by atoms with Crippen molar-refractivity contribution >= 4 is 45.2 Å². The Morgan fingerprint density at radius 2 is 1.09 bits per heavy atom. The van der Waals surface area contributed by atoms with Crippen LogP contribution >= 0.6 is 0 Å². The summed E-state index contributed by atoms with van der Waals surface area (Å²) in [4.78, 5) is 47.6. The molecule has 0 atom stereocenters. The SMILES string of the molecule is CCCC(N)(N)CCCCCCCCCCCc1cc2ccccc2c2c1C(=O)NC2=O.O=C1NC(=O)c2c1ccc1ccccc21. The number of carbonyl (C=O) groups excluding carboxylic acids is 4. The lowest BCUT2D eigenvalue weighted by molar-refractivity contribution is 0.0863. The summed E-state index contributed by atoms with van der Waals surface area (Å²) < 4.78 is 0. The maximum Gasteiger partial charge on any atom is 0.259 e. The van der Waals surface area contributed by atoms with Gasteiger partial charge in [0.2, 0.25) is 0 Å². The molecule has 0 saturated carbocycles. The van der Waals surface area contributed by atoms with Crippen LogP contribution in [0.1, 0.15) is 131 Å². The van der Waals surface area contributed by atoms with Gasteiger partial charge in [0.25, 0.3) is 23.6 Å². The number of imide groups is 2. The minimum absolute atomic E-state index is 0.248. The average Bonchev–Trinajstić information content (AvgIpc) is 3.53. The van der Waals surface area contributed by atoms with Crippen LogP contribution in [0.25, 0.3) is 21.5 Å². The molecule has 2 aliphatic heterocycles. The predicted octanol–water partition coefficient (Wildman–Crippen LogP) is 7.30. The van der Waals surface area contributed by atoms with Crippen LogP contribution < -0.4 is 22.1 Å². The molecule has 0 radical (unpaired) electrons. The first-order valence-electron chi connectivity index (χ1n) is 17.1. The van der Waals surface area contributed by atoms with Gasteiger partial charge in [-0.15, -0.1) is 0 Å². The monoisotopic (exact) mass is 634 g/mol. The van der Waals surface area contributed by atoms with Crippen molar-refractivity contribution in [2.24, 2.45) is 11.5 Å². The zero-order valence-electron chi connectivity index (χ0n) is 27.3. The molecule has 0 unspecified atom stereocenters. The van der Waals surface area contributed by atoms with Crippen LogP contribution in [-0.4, -0.2) is 29.3 Å². The van der Waals surface area contributed by atoms with E-state index < -0.39 is 5.66 Å². The molecule has 8 nitrogen and oxygen atoms in total. The summed E-state index contributed by atoms with van der Waals surface area (Å²) in [6.07, 6.45) is 14.5. The molecule has 47 heavy (non-hydrogen) atoms. The van der Waals surface area contributed by atoms with Crippen LogP contribution in [0.5, 0.6) is 0 Å². The van der Waals surface area contributed by atoms with Gasteiger partial charge >= 0.3 is 0 Å². The highest BCUT2D eigenvalue weighted by Crippen LogP contribution is 2.31. The van der Waals surface area contributed by atoms with Crippen molar-refractivity contribution in [2.45, 2.75) is 96.1 Å². The Balaban J connectivity index is 0.000000238. The highest BCUT2D eigenvalue weighted by atomic mass is 16.2. The Kier molecular flexibility index (Phi) is 11.2.